The van der Waals surface area contributed by atoms with Gasteiger partial charge in [-0.05, 0) is 34.5 Å². The highest BCUT2D eigenvalue weighted by Crippen LogP contribution is 2.43. The fraction of sp³-hybridized carbons (Fsp3) is 0.200. The molecule has 1 aliphatic heterocycles. The third-order valence-corrected chi connectivity index (χ3v) is 5.85. The van der Waals surface area contributed by atoms with E-state index in [0.717, 1.165) is 16.3 Å². The molecule has 0 radical (unpaired) electrons. The van der Waals surface area contributed by atoms with Crippen molar-refractivity contribution in [2.75, 3.05) is 27.4 Å². The van der Waals surface area contributed by atoms with Crippen molar-refractivity contribution >= 4 is 39.8 Å². The molecule has 3 aromatic carbocycles. The molecule has 1 fully saturated rings. The van der Waals surface area contributed by atoms with Crippen molar-refractivity contribution in [3.05, 3.63) is 82.4 Å². The maximum Gasteiger partial charge on any atom is 0.295 e. The van der Waals surface area contributed by atoms with Gasteiger partial charge in [0.2, 0.25) is 0 Å². The lowest BCUT2D eigenvalue weighted by atomic mass is 9.91. The van der Waals surface area contributed by atoms with Gasteiger partial charge < -0.3 is 19.5 Å². The first-order valence-corrected chi connectivity index (χ1v) is 10.4. The molecule has 1 atom stereocenters. The average molecular weight is 452 g/mol. The minimum Gasteiger partial charge on any atom is -0.507 e. The van der Waals surface area contributed by atoms with Crippen LogP contribution >= 0.6 is 11.6 Å². The molecule has 1 aliphatic rings. The number of fused-ring (bicyclic) bond motifs is 1. The Labute approximate surface area is 190 Å². The van der Waals surface area contributed by atoms with Crippen molar-refractivity contribution in [2.45, 2.75) is 6.04 Å². The van der Waals surface area contributed by atoms with E-state index >= 15 is 0 Å². The lowest BCUT2D eigenvalue weighted by molar-refractivity contribution is -0.140. The van der Waals surface area contributed by atoms with Gasteiger partial charge in [0.05, 0.1) is 30.9 Å². The fourth-order valence-electron chi connectivity index (χ4n) is 4.12. The van der Waals surface area contributed by atoms with Gasteiger partial charge in [0.25, 0.3) is 11.7 Å². The first-order valence-electron chi connectivity index (χ1n) is 10.1. The molecular formula is C25H22ClNO5. The second-order valence-electron chi connectivity index (χ2n) is 7.40. The van der Waals surface area contributed by atoms with E-state index < -0.39 is 17.7 Å². The number of carbonyl (C=O) groups is 2. The molecule has 0 saturated carbocycles. The largest absolute Gasteiger partial charge is 0.507 e. The maximum absolute atomic E-state index is 13.2. The van der Waals surface area contributed by atoms with Gasteiger partial charge in [0, 0.05) is 18.7 Å². The van der Waals surface area contributed by atoms with E-state index in [1.54, 1.807) is 12.1 Å². The Balaban J connectivity index is 1.99. The van der Waals surface area contributed by atoms with Gasteiger partial charge in [-0.1, -0.05) is 54.1 Å². The molecule has 0 aromatic heterocycles. The SMILES string of the molecule is COCCN1C(=O)C(=O)/C(=C(/O)c2cc(Cl)ccc2OC)C1c1cccc2ccccc12. The number of aliphatic hydroxyl groups is 1. The molecule has 7 heteroatoms. The van der Waals surface area contributed by atoms with E-state index in [9.17, 15) is 14.7 Å². The first kappa shape index (κ1) is 21.9. The second-order valence-corrected chi connectivity index (χ2v) is 7.83. The van der Waals surface area contributed by atoms with Crippen LogP contribution in [0, 0.1) is 0 Å². The molecule has 164 valence electrons. The van der Waals surface area contributed by atoms with Crippen LogP contribution in [0.5, 0.6) is 5.75 Å². The van der Waals surface area contributed by atoms with Crippen molar-refractivity contribution in [1.82, 2.24) is 4.90 Å². The smallest absolute Gasteiger partial charge is 0.295 e. The molecule has 32 heavy (non-hydrogen) atoms. The van der Waals surface area contributed by atoms with Gasteiger partial charge in [-0.3, -0.25) is 9.59 Å². The average Bonchev–Trinajstić information content (AvgIpc) is 3.06. The van der Waals surface area contributed by atoms with Crippen LogP contribution in [-0.4, -0.2) is 49.1 Å². The molecule has 1 amide bonds. The molecule has 0 spiro atoms. The lowest BCUT2D eigenvalue weighted by Gasteiger charge is -2.26. The fourth-order valence-corrected chi connectivity index (χ4v) is 4.29. The highest BCUT2D eigenvalue weighted by molar-refractivity contribution is 6.46. The number of amides is 1. The highest BCUT2D eigenvalue weighted by Gasteiger charge is 2.46. The van der Waals surface area contributed by atoms with Crippen LogP contribution in [0.4, 0.5) is 0 Å². The normalized spacial score (nSPS) is 17.8. The number of methoxy groups -OCH3 is 2. The van der Waals surface area contributed by atoms with Crippen LogP contribution in [0.15, 0.2) is 66.2 Å². The minimum atomic E-state index is -0.792. The minimum absolute atomic E-state index is 0.0111. The van der Waals surface area contributed by atoms with E-state index in [0.29, 0.717) is 10.8 Å². The van der Waals surface area contributed by atoms with Crippen molar-refractivity contribution < 1.29 is 24.2 Å². The summed E-state index contributed by atoms with van der Waals surface area (Å²) in [5.74, 6) is -1.45. The predicted octanol–water partition coefficient (Wildman–Crippen LogP) is 4.57. The maximum atomic E-state index is 13.2. The van der Waals surface area contributed by atoms with Gasteiger partial charge in [-0.2, -0.15) is 0 Å². The van der Waals surface area contributed by atoms with Crippen molar-refractivity contribution in [2.24, 2.45) is 0 Å². The Morgan fingerprint density at radius 1 is 1.06 bits per heavy atom. The Morgan fingerprint density at radius 3 is 2.56 bits per heavy atom. The zero-order valence-electron chi connectivity index (χ0n) is 17.7. The van der Waals surface area contributed by atoms with Crippen molar-refractivity contribution in [3.63, 3.8) is 0 Å². The number of halogens is 1. The van der Waals surface area contributed by atoms with Crippen LogP contribution in [-0.2, 0) is 14.3 Å². The summed E-state index contributed by atoms with van der Waals surface area (Å²) >= 11 is 6.15. The van der Waals surface area contributed by atoms with Crippen molar-refractivity contribution in [3.8, 4) is 5.75 Å². The van der Waals surface area contributed by atoms with E-state index in [1.807, 2.05) is 42.5 Å². The summed E-state index contributed by atoms with van der Waals surface area (Å²) in [5, 5.41) is 13.5. The Hall–Kier alpha value is -3.35. The molecule has 1 heterocycles. The van der Waals surface area contributed by atoms with Crippen LogP contribution < -0.4 is 4.74 Å². The Bertz CT molecular complexity index is 1230. The quantitative estimate of drug-likeness (QED) is 0.337. The standard InChI is InChI=1S/C25H22ClNO5/c1-31-13-12-27-22(18-9-5-7-15-6-3-4-8-17(15)18)21(24(29)25(27)30)23(28)19-14-16(26)10-11-20(19)32-2/h3-11,14,22,28H,12-13H2,1-2H3/b23-21+. The molecule has 1 saturated heterocycles. The van der Waals surface area contributed by atoms with E-state index in [1.165, 1.54) is 25.2 Å². The number of ketones is 1. The topological polar surface area (TPSA) is 76.1 Å². The third kappa shape index (κ3) is 3.72. The lowest BCUT2D eigenvalue weighted by Crippen LogP contribution is -2.32. The van der Waals surface area contributed by atoms with E-state index in [-0.39, 0.29) is 30.0 Å². The van der Waals surface area contributed by atoms with Gasteiger partial charge in [-0.15, -0.1) is 0 Å². The van der Waals surface area contributed by atoms with E-state index in [4.69, 9.17) is 21.1 Å². The number of aliphatic hydroxyl groups excluding tert-OH is 1. The summed E-state index contributed by atoms with van der Waals surface area (Å²) < 4.78 is 10.5. The van der Waals surface area contributed by atoms with Crippen molar-refractivity contribution in [1.29, 1.82) is 0 Å². The molecule has 4 rings (SSSR count). The monoisotopic (exact) mass is 451 g/mol. The number of Topliss-reactive ketones (excluding diaryl/α,β-unsaturated/α-hetero) is 1. The van der Waals surface area contributed by atoms with Gasteiger partial charge >= 0.3 is 0 Å². The number of benzene rings is 3. The first-order chi connectivity index (χ1) is 15.5. The van der Waals surface area contributed by atoms with Crippen LogP contribution in [0.25, 0.3) is 16.5 Å². The molecular weight excluding hydrogens is 430 g/mol. The molecule has 3 aromatic rings. The number of rotatable bonds is 6. The molecule has 0 bridgehead atoms. The number of hydrogen-bond acceptors (Lipinski definition) is 5. The molecule has 1 unspecified atom stereocenters. The zero-order valence-corrected chi connectivity index (χ0v) is 18.4. The molecule has 6 nitrogen and oxygen atoms in total. The number of ether oxygens (including phenoxy) is 2. The summed E-state index contributed by atoms with van der Waals surface area (Å²) in [4.78, 5) is 27.6. The third-order valence-electron chi connectivity index (χ3n) is 5.61. The van der Waals surface area contributed by atoms with Crippen LogP contribution in [0.3, 0.4) is 0 Å². The summed E-state index contributed by atoms with van der Waals surface area (Å²) in [6.45, 7) is 0.438. The molecule has 0 aliphatic carbocycles. The number of nitrogens with zero attached hydrogens (tertiary/aromatic N) is 1. The summed E-state index contributed by atoms with van der Waals surface area (Å²) in [5.41, 5.74) is 0.971. The van der Waals surface area contributed by atoms with Crippen LogP contribution in [0.2, 0.25) is 5.02 Å². The highest BCUT2D eigenvalue weighted by atomic mass is 35.5. The number of hydrogen-bond donors (Lipinski definition) is 1. The summed E-state index contributed by atoms with van der Waals surface area (Å²) in [7, 11) is 2.99. The Kier molecular flexibility index (Phi) is 6.17. The van der Waals surface area contributed by atoms with E-state index in [2.05, 4.69) is 0 Å². The molecule has 1 N–H and O–H groups in total. The second kappa shape index (κ2) is 9.02. The number of carbonyl (C=O) groups excluding carboxylic acids is 2. The zero-order chi connectivity index (χ0) is 22.8. The van der Waals surface area contributed by atoms with Crippen LogP contribution in [0.1, 0.15) is 17.2 Å². The summed E-state index contributed by atoms with van der Waals surface area (Å²) in [6.07, 6.45) is 0. The van der Waals surface area contributed by atoms with Gasteiger partial charge in [0.1, 0.15) is 11.5 Å². The van der Waals surface area contributed by atoms with Gasteiger partial charge in [-0.25, -0.2) is 0 Å². The predicted molar refractivity (Wildman–Crippen MR) is 123 cm³/mol. The van der Waals surface area contributed by atoms with Gasteiger partial charge in [0.15, 0.2) is 0 Å². The Morgan fingerprint density at radius 2 is 1.81 bits per heavy atom. The number of likely N-dealkylation sites (tertiary alicyclic amines) is 1. The summed E-state index contributed by atoms with van der Waals surface area (Å²) in [6, 6.07) is 17.3.